The topological polar surface area (TPSA) is 0 Å². The Morgan fingerprint density at radius 3 is 1.62 bits per heavy atom. The Morgan fingerprint density at radius 1 is 0.476 bits per heavy atom. The third-order valence-electron chi connectivity index (χ3n) is 12.7. The van der Waals surface area contributed by atoms with Crippen molar-refractivity contribution in [1.82, 2.24) is 0 Å². The first-order valence-corrected chi connectivity index (χ1v) is 23.0. The fourth-order valence-electron chi connectivity index (χ4n) is 9.06. The van der Waals surface area contributed by atoms with Crippen LogP contribution in [-0.4, -0.2) is 0 Å². The van der Waals surface area contributed by atoms with E-state index in [1.165, 1.54) is 119 Å². The minimum atomic E-state index is 0.361. The summed E-state index contributed by atoms with van der Waals surface area (Å²) < 4.78 is 0. The van der Waals surface area contributed by atoms with Crippen molar-refractivity contribution in [2.75, 3.05) is 0 Å². The van der Waals surface area contributed by atoms with Crippen molar-refractivity contribution in [2.45, 2.75) is 80.1 Å². The number of hydrogen-bond donors (Lipinski definition) is 0. The molecule has 8 aromatic rings. The van der Waals surface area contributed by atoms with Crippen LogP contribution < -0.4 is 0 Å². The fraction of sp³-hybridized carbons (Fsp3) is 0.206. The summed E-state index contributed by atoms with van der Waals surface area (Å²) in [5.41, 5.74) is 24.4. The maximum Gasteiger partial charge on any atom is 0.00411 e. The Kier molecular flexibility index (Phi) is 14.9. The molecule has 63 heavy (non-hydrogen) atoms. The average molecular weight is 821 g/mol. The quantitative estimate of drug-likeness (QED) is 0.121. The van der Waals surface area contributed by atoms with E-state index in [-0.39, 0.29) is 0 Å². The molecule has 1 aliphatic rings. The van der Waals surface area contributed by atoms with Crippen LogP contribution in [-0.2, 0) is 12.8 Å². The second kappa shape index (κ2) is 21.0. The van der Waals surface area contributed by atoms with E-state index >= 15 is 0 Å². The van der Waals surface area contributed by atoms with Crippen molar-refractivity contribution < 1.29 is 0 Å². The minimum absolute atomic E-state index is 0.361. The summed E-state index contributed by atoms with van der Waals surface area (Å²) in [5.74, 6) is 0.885. The lowest BCUT2D eigenvalue weighted by molar-refractivity contribution is 0.577. The van der Waals surface area contributed by atoms with Crippen molar-refractivity contribution in [3.8, 4) is 55.6 Å². The number of unbranched alkanes of at least 4 members (excludes halogenated alkanes) is 1. The molecule has 0 saturated carbocycles. The molecule has 0 amide bonds. The molecule has 0 aliphatic heterocycles. The Balaban J connectivity index is 0.000000150. The van der Waals surface area contributed by atoms with Gasteiger partial charge in [-0.3, -0.25) is 0 Å². The van der Waals surface area contributed by atoms with Crippen LogP contribution >= 0.6 is 0 Å². The van der Waals surface area contributed by atoms with Crippen LogP contribution in [0, 0.1) is 33.6 Å². The minimum Gasteiger partial charge on any atom is -0.102 e. The van der Waals surface area contributed by atoms with E-state index in [1.54, 1.807) is 0 Å². The zero-order valence-electron chi connectivity index (χ0n) is 38.6. The zero-order valence-corrected chi connectivity index (χ0v) is 38.6. The van der Waals surface area contributed by atoms with E-state index in [2.05, 4.69) is 237 Å². The zero-order chi connectivity index (χ0) is 44.3. The Labute approximate surface area is 379 Å². The Hall–Kier alpha value is -6.50. The van der Waals surface area contributed by atoms with Gasteiger partial charge >= 0.3 is 0 Å². The number of rotatable bonds is 10. The van der Waals surface area contributed by atoms with Gasteiger partial charge in [0.1, 0.15) is 0 Å². The van der Waals surface area contributed by atoms with E-state index in [9.17, 15) is 0 Å². The normalized spacial score (nSPS) is 11.7. The predicted octanol–water partition coefficient (Wildman–Crippen LogP) is 17.8. The summed E-state index contributed by atoms with van der Waals surface area (Å²) in [6.45, 7) is 19.6. The van der Waals surface area contributed by atoms with Gasteiger partial charge in [-0.1, -0.05) is 226 Å². The molecule has 1 aliphatic carbocycles. The number of fused-ring (bicyclic) bond motifs is 3. The predicted molar refractivity (Wildman–Crippen MR) is 275 cm³/mol. The van der Waals surface area contributed by atoms with Gasteiger partial charge in [-0.15, -0.1) is 6.58 Å². The molecule has 9 rings (SSSR count). The highest BCUT2D eigenvalue weighted by atomic mass is 14.3. The third-order valence-corrected chi connectivity index (χ3v) is 12.7. The second-order valence-corrected chi connectivity index (χ2v) is 17.6. The largest absolute Gasteiger partial charge is 0.102 e. The summed E-state index contributed by atoms with van der Waals surface area (Å²) in [7, 11) is 0. The van der Waals surface area contributed by atoms with E-state index < -0.39 is 0 Å². The van der Waals surface area contributed by atoms with Crippen LogP contribution in [0.15, 0.2) is 195 Å². The van der Waals surface area contributed by atoms with Crippen molar-refractivity contribution in [3.63, 3.8) is 0 Å². The Bertz CT molecular complexity index is 2730. The molecule has 0 N–H and O–H groups in total. The standard InChI is InChI=1S/C27H30.C23H22.C13H12/c1-7-23(18(2)3)25-16-17-26(22-14-12-19(4)13-15-22)27(21(25)6)24-11-9-8-10-20(24)5;1-2-3-7-17-12-14-18(15-13-17)21-11-6-9-20-16-19-8-4-5-10-22(19)23(20)21;1-11-7-9-13(10-8-11)12-5-3-2-4-6-12/h7-18,23H,1H2,2-6H3;4-6,8-15H,2-3,7,16H2,1H3;2-10H,1H3. The summed E-state index contributed by atoms with van der Waals surface area (Å²) >= 11 is 0. The molecule has 0 aromatic heterocycles. The molecule has 0 bridgehead atoms. The maximum absolute atomic E-state index is 4.11. The van der Waals surface area contributed by atoms with Gasteiger partial charge in [0.15, 0.2) is 0 Å². The Morgan fingerprint density at radius 2 is 1.00 bits per heavy atom. The summed E-state index contributed by atoms with van der Waals surface area (Å²) in [6, 6.07) is 65.9. The van der Waals surface area contributed by atoms with Crippen LogP contribution in [0.1, 0.15) is 84.0 Å². The van der Waals surface area contributed by atoms with Gasteiger partial charge < -0.3 is 0 Å². The molecule has 316 valence electrons. The smallest absolute Gasteiger partial charge is 0.00411 e. The third kappa shape index (κ3) is 10.6. The lowest BCUT2D eigenvalue weighted by Gasteiger charge is -2.24. The molecule has 0 saturated heterocycles. The number of allylic oxidation sites excluding steroid dienone is 1. The van der Waals surface area contributed by atoms with Gasteiger partial charge in [-0.25, -0.2) is 0 Å². The molecule has 0 heteroatoms. The van der Waals surface area contributed by atoms with Crippen LogP contribution in [0.5, 0.6) is 0 Å². The first kappa shape index (κ1) is 44.6. The number of benzene rings is 8. The molecular formula is C63H64. The molecule has 0 heterocycles. The molecule has 1 atom stereocenters. The first-order chi connectivity index (χ1) is 30.7. The highest BCUT2D eigenvalue weighted by Gasteiger charge is 2.22. The van der Waals surface area contributed by atoms with E-state index in [4.69, 9.17) is 0 Å². The van der Waals surface area contributed by atoms with E-state index in [1.807, 2.05) is 6.07 Å². The molecule has 0 nitrogen and oxygen atoms in total. The fourth-order valence-corrected chi connectivity index (χ4v) is 9.06. The van der Waals surface area contributed by atoms with Crippen LogP contribution in [0.4, 0.5) is 0 Å². The summed E-state index contributed by atoms with van der Waals surface area (Å²) in [5, 5.41) is 0. The second-order valence-electron chi connectivity index (χ2n) is 17.6. The van der Waals surface area contributed by atoms with Gasteiger partial charge in [0.05, 0.1) is 0 Å². The first-order valence-electron chi connectivity index (χ1n) is 23.0. The lowest BCUT2D eigenvalue weighted by Crippen LogP contribution is -2.07. The molecule has 0 radical (unpaired) electrons. The molecule has 0 fully saturated rings. The van der Waals surface area contributed by atoms with Gasteiger partial charge in [0.2, 0.25) is 0 Å². The SMILES string of the molecule is C=CC(c1ccc(-c2ccc(C)cc2)c(-c2ccccc2C)c1C)C(C)C.CCCCc1ccc(-c2cccc3c2-c2ccccc2C3)cc1.Cc1ccc(-c2ccccc2)cc1. The number of hydrogen-bond acceptors (Lipinski definition) is 0. The van der Waals surface area contributed by atoms with Crippen molar-refractivity contribution in [3.05, 3.63) is 239 Å². The summed E-state index contributed by atoms with van der Waals surface area (Å²) in [6.07, 6.45) is 6.87. The van der Waals surface area contributed by atoms with Gasteiger partial charge in [-0.05, 0) is 142 Å². The van der Waals surface area contributed by atoms with Gasteiger partial charge in [0, 0.05) is 5.92 Å². The molecular weight excluding hydrogens is 757 g/mol. The van der Waals surface area contributed by atoms with Gasteiger partial charge in [-0.2, -0.15) is 0 Å². The van der Waals surface area contributed by atoms with Gasteiger partial charge in [0.25, 0.3) is 0 Å². The number of aryl methyl sites for hydroxylation is 4. The molecule has 8 aromatic carbocycles. The van der Waals surface area contributed by atoms with E-state index in [0.717, 1.165) is 6.42 Å². The monoisotopic (exact) mass is 821 g/mol. The lowest BCUT2D eigenvalue weighted by atomic mass is 9.80. The average Bonchev–Trinajstić information content (AvgIpc) is 3.70. The van der Waals surface area contributed by atoms with Crippen molar-refractivity contribution >= 4 is 0 Å². The van der Waals surface area contributed by atoms with Crippen molar-refractivity contribution in [1.29, 1.82) is 0 Å². The highest BCUT2D eigenvalue weighted by molar-refractivity contribution is 5.90. The molecule has 0 spiro atoms. The molecule has 1 unspecified atom stereocenters. The highest BCUT2D eigenvalue weighted by Crippen LogP contribution is 2.43. The maximum atomic E-state index is 4.11. The van der Waals surface area contributed by atoms with Crippen LogP contribution in [0.25, 0.3) is 55.6 Å². The van der Waals surface area contributed by atoms with Crippen molar-refractivity contribution in [2.24, 2.45) is 5.92 Å². The van der Waals surface area contributed by atoms with Crippen LogP contribution in [0.3, 0.4) is 0 Å². The van der Waals surface area contributed by atoms with E-state index in [0.29, 0.717) is 11.8 Å². The van der Waals surface area contributed by atoms with Crippen LogP contribution in [0.2, 0.25) is 0 Å². The summed E-state index contributed by atoms with van der Waals surface area (Å²) in [4.78, 5) is 0.